The Bertz CT molecular complexity index is 557. The van der Waals surface area contributed by atoms with Crippen LogP contribution in [0.25, 0.3) is 0 Å². The smallest absolute Gasteiger partial charge is 0.0939 e. The van der Waals surface area contributed by atoms with E-state index in [0.717, 1.165) is 44.0 Å². The highest BCUT2D eigenvalue weighted by Crippen LogP contribution is 2.46. The highest BCUT2D eigenvalue weighted by molar-refractivity contribution is 5.29. The van der Waals surface area contributed by atoms with Gasteiger partial charge in [0.05, 0.1) is 5.60 Å². The molecule has 132 valence electrons. The molecule has 2 heterocycles. The second kappa shape index (κ2) is 6.78. The van der Waals surface area contributed by atoms with Crippen LogP contribution in [-0.2, 0) is 12.0 Å². The molecular weight excluding hydrogens is 296 g/mol. The zero-order valence-electron chi connectivity index (χ0n) is 15.0. The second-order valence-corrected chi connectivity index (χ2v) is 8.32. The monoisotopic (exact) mass is 328 g/mol. The minimum Gasteiger partial charge on any atom is -0.385 e. The van der Waals surface area contributed by atoms with Gasteiger partial charge in [0.2, 0.25) is 0 Å². The molecule has 1 aromatic rings. The molecule has 2 saturated heterocycles. The molecule has 0 spiro atoms. The summed E-state index contributed by atoms with van der Waals surface area (Å²) >= 11 is 0. The summed E-state index contributed by atoms with van der Waals surface area (Å²) in [5, 5.41) is 14.9. The molecule has 2 aliphatic heterocycles. The average Bonchev–Trinajstić information content (AvgIpc) is 3.23. The zero-order valence-corrected chi connectivity index (χ0v) is 15.0. The van der Waals surface area contributed by atoms with Crippen molar-refractivity contribution in [1.82, 2.24) is 10.2 Å². The summed E-state index contributed by atoms with van der Waals surface area (Å²) < 4.78 is 0. The third-order valence-electron chi connectivity index (χ3n) is 6.92. The first kappa shape index (κ1) is 16.6. The van der Waals surface area contributed by atoms with E-state index in [0.29, 0.717) is 11.8 Å². The minimum atomic E-state index is -0.617. The molecule has 0 amide bonds. The Morgan fingerprint density at radius 3 is 2.75 bits per heavy atom. The van der Waals surface area contributed by atoms with E-state index in [4.69, 9.17) is 0 Å². The van der Waals surface area contributed by atoms with Crippen LogP contribution in [0.15, 0.2) is 24.3 Å². The number of aliphatic hydroxyl groups is 1. The third-order valence-corrected chi connectivity index (χ3v) is 6.92. The molecule has 4 atom stereocenters. The lowest BCUT2D eigenvalue weighted by Crippen LogP contribution is -2.42. The molecule has 0 radical (unpaired) electrons. The number of hydrogen-bond donors (Lipinski definition) is 2. The Morgan fingerprint density at radius 2 is 2.00 bits per heavy atom. The van der Waals surface area contributed by atoms with Gasteiger partial charge in [-0.2, -0.15) is 0 Å². The predicted molar refractivity (Wildman–Crippen MR) is 98.0 cm³/mol. The van der Waals surface area contributed by atoms with Crippen molar-refractivity contribution < 1.29 is 5.11 Å². The van der Waals surface area contributed by atoms with Gasteiger partial charge in [0.1, 0.15) is 0 Å². The molecular formula is C21H32N2O. The van der Waals surface area contributed by atoms with E-state index in [2.05, 4.69) is 41.4 Å². The number of likely N-dealkylation sites (tertiary alicyclic amines) is 1. The second-order valence-electron chi connectivity index (χ2n) is 8.32. The Balaban J connectivity index is 1.43. The van der Waals surface area contributed by atoms with Gasteiger partial charge in [0.25, 0.3) is 0 Å². The zero-order chi connectivity index (χ0) is 16.6. The summed E-state index contributed by atoms with van der Waals surface area (Å²) in [7, 11) is 0. The minimum absolute atomic E-state index is 0.391. The van der Waals surface area contributed by atoms with Crippen LogP contribution in [0.1, 0.15) is 50.2 Å². The van der Waals surface area contributed by atoms with Gasteiger partial charge in [-0.25, -0.2) is 0 Å². The molecule has 3 aliphatic rings. The van der Waals surface area contributed by atoms with Crippen molar-refractivity contribution in [1.29, 1.82) is 0 Å². The highest BCUT2D eigenvalue weighted by Gasteiger charge is 2.47. The number of hydrogen-bond acceptors (Lipinski definition) is 3. The van der Waals surface area contributed by atoms with Crippen LogP contribution in [0.4, 0.5) is 0 Å². The topological polar surface area (TPSA) is 35.5 Å². The lowest BCUT2D eigenvalue weighted by Gasteiger charge is -2.41. The molecule has 3 nitrogen and oxygen atoms in total. The average molecular weight is 329 g/mol. The van der Waals surface area contributed by atoms with Gasteiger partial charge in [-0.15, -0.1) is 0 Å². The van der Waals surface area contributed by atoms with Crippen LogP contribution >= 0.6 is 0 Å². The quantitative estimate of drug-likeness (QED) is 0.892. The molecule has 0 aromatic heterocycles. The van der Waals surface area contributed by atoms with Gasteiger partial charge in [0.15, 0.2) is 0 Å². The van der Waals surface area contributed by atoms with E-state index in [1.807, 2.05) is 0 Å². The Labute approximate surface area is 146 Å². The van der Waals surface area contributed by atoms with Crippen molar-refractivity contribution in [2.75, 3.05) is 26.2 Å². The molecule has 1 aromatic carbocycles. The number of nitrogens with zero attached hydrogens (tertiary/aromatic N) is 1. The predicted octanol–water partition coefficient (Wildman–Crippen LogP) is 2.92. The third kappa shape index (κ3) is 3.02. The SMILES string of the molecule is CC1CCCN1CCc1ccc(C2(O)CCC[C@H]3CNC[C@H]32)cc1. The molecule has 2 unspecified atom stereocenters. The van der Waals surface area contributed by atoms with E-state index < -0.39 is 5.60 Å². The number of fused-ring (bicyclic) bond motifs is 1. The van der Waals surface area contributed by atoms with Crippen molar-refractivity contribution in [2.24, 2.45) is 11.8 Å². The lowest BCUT2D eigenvalue weighted by atomic mass is 9.67. The van der Waals surface area contributed by atoms with Gasteiger partial charge in [0, 0.05) is 25.0 Å². The summed E-state index contributed by atoms with van der Waals surface area (Å²) in [6.07, 6.45) is 7.16. The number of rotatable bonds is 4. The highest BCUT2D eigenvalue weighted by atomic mass is 16.3. The van der Waals surface area contributed by atoms with E-state index in [1.165, 1.54) is 37.9 Å². The Kier molecular flexibility index (Phi) is 4.68. The fraction of sp³-hybridized carbons (Fsp3) is 0.714. The van der Waals surface area contributed by atoms with E-state index in [-0.39, 0.29) is 0 Å². The first-order valence-electron chi connectivity index (χ1n) is 9.93. The largest absolute Gasteiger partial charge is 0.385 e. The van der Waals surface area contributed by atoms with Crippen LogP contribution in [0, 0.1) is 11.8 Å². The van der Waals surface area contributed by atoms with Crippen molar-refractivity contribution in [3.63, 3.8) is 0 Å². The fourth-order valence-electron chi connectivity index (χ4n) is 5.33. The fourth-order valence-corrected chi connectivity index (χ4v) is 5.33. The van der Waals surface area contributed by atoms with Crippen LogP contribution in [0.5, 0.6) is 0 Å². The Hall–Kier alpha value is -0.900. The maximum atomic E-state index is 11.4. The summed E-state index contributed by atoms with van der Waals surface area (Å²) in [6.45, 7) is 6.82. The summed E-state index contributed by atoms with van der Waals surface area (Å²) in [5.41, 5.74) is 1.92. The summed E-state index contributed by atoms with van der Waals surface area (Å²) in [5.74, 6) is 1.04. The molecule has 3 fully saturated rings. The standard InChI is InChI=1S/C21H32N2O/c1-16-4-3-12-23(16)13-10-17-6-8-19(9-7-17)21(24)11-2-5-18-14-22-15-20(18)21/h6-9,16,18,20,22,24H,2-5,10-15H2,1H3/t16?,18-,20+,21?/m0/s1. The van der Waals surface area contributed by atoms with Crippen molar-refractivity contribution in [2.45, 2.75) is 57.1 Å². The van der Waals surface area contributed by atoms with Crippen LogP contribution in [0.2, 0.25) is 0 Å². The first-order valence-corrected chi connectivity index (χ1v) is 9.93. The van der Waals surface area contributed by atoms with Crippen molar-refractivity contribution in [3.05, 3.63) is 35.4 Å². The van der Waals surface area contributed by atoms with E-state index >= 15 is 0 Å². The van der Waals surface area contributed by atoms with Gasteiger partial charge >= 0.3 is 0 Å². The molecule has 2 N–H and O–H groups in total. The lowest BCUT2D eigenvalue weighted by molar-refractivity contribution is -0.0634. The molecule has 0 bridgehead atoms. The maximum absolute atomic E-state index is 11.4. The summed E-state index contributed by atoms with van der Waals surface area (Å²) in [6, 6.07) is 9.64. The number of benzene rings is 1. The molecule has 4 rings (SSSR count). The molecule has 1 saturated carbocycles. The van der Waals surface area contributed by atoms with Gasteiger partial charge in [-0.05, 0) is 75.6 Å². The molecule has 1 aliphatic carbocycles. The normalized spacial score (nSPS) is 36.8. The summed E-state index contributed by atoms with van der Waals surface area (Å²) in [4.78, 5) is 2.61. The Morgan fingerprint density at radius 1 is 1.17 bits per heavy atom. The first-order chi connectivity index (χ1) is 11.7. The van der Waals surface area contributed by atoms with Crippen molar-refractivity contribution in [3.8, 4) is 0 Å². The van der Waals surface area contributed by atoms with Crippen LogP contribution in [-0.4, -0.2) is 42.2 Å². The van der Waals surface area contributed by atoms with E-state index in [1.54, 1.807) is 0 Å². The van der Waals surface area contributed by atoms with Gasteiger partial charge in [-0.1, -0.05) is 24.3 Å². The number of nitrogens with one attached hydrogen (secondary N) is 1. The molecule has 3 heteroatoms. The molecule has 24 heavy (non-hydrogen) atoms. The maximum Gasteiger partial charge on any atom is 0.0939 e. The van der Waals surface area contributed by atoms with E-state index in [9.17, 15) is 5.11 Å². The van der Waals surface area contributed by atoms with Gasteiger partial charge in [-0.3, -0.25) is 0 Å². The van der Waals surface area contributed by atoms with Gasteiger partial charge < -0.3 is 15.3 Å². The van der Waals surface area contributed by atoms with Crippen LogP contribution in [0.3, 0.4) is 0 Å². The van der Waals surface area contributed by atoms with Crippen LogP contribution < -0.4 is 5.32 Å². The van der Waals surface area contributed by atoms with Crippen molar-refractivity contribution >= 4 is 0 Å².